The molecule has 0 bridgehead atoms. The van der Waals surface area contributed by atoms with Gasteiger partial charge < -0.3 is 14.2 Å². The molecular weight excluding hydrogens is 457 g/mol. The number of nitrogens with zero attached hydrogens (tertiary/aromatic N) is 3. The van der Waals surface area contributed by atoms with E-state index < -0.39 is 11.7 Å². The second kappa shape index (κ2) is 8.93. The summed E-state index contributed by atoms with van der Waals surface area (Å²) in [6, 6.07) is 22.6. The van der Waals surface area contributed by atoms with Crippen molar-refractivity contribution in [1.82, 2.24) is 9.30 Å². The lowest BCUT2D eigenvalue weighted by molar-refractivity contribution is -0.126. The molecule has 4 aromatic rings. The molecule has 1 fully saturated rings. The second-order valence-electron chi connectivity index (χ2n) is 8.00. The van der Waals surface area contributed by atoms with Gasteiger partial charge in [-0.1, -0.05) is 47.5 Å². The number of piperazine rings is 1. The van der Waals surface area contributed by atoms with Gasteiger partial charge in [-0.3, -0.25) is 9.59 Å². The fourth-order valence-electron chi connectivity index (χ4n) is 4.29. The summed E-state index contributed by atoms with van der Waals surface area (Å²) in [4.78, 5) is 30.6. The Balaban J connectivity index is 1.41. The number of aromatic nitrogens is 1. The van der Waals surface area contributed by atoms with E-state index in [1.54, 1.807) is 21.4 Å². The van der Waals surface area contributed by atoms with Gasteiger partial charge >= 0.3 is 0 Å². The fraction of sp³-hybridized carbons (Fsp3) is 0.154. The van der Waals surface area contributed by atoms with Crippen LogP contribution in [0.2, 0.25) is 10.0 Å². The van der Waals surface area contributed by atoms with E-state index in [-0.39, 0.29) is 0 Å². The number of carbonyl (C=O) groups excluding carboxylic acids is 2. The Morgan fingerprint density at radius 2 is 1.52 bits per heavy atom. The van der Waals surface area contributed by atoms with Gasteiger partial charge in [-0.15, -0.1) is 0 Å². The monoisotopic (exact) mass is 477 g/mol. The van der Waals surface area contributed by atoms with Crippen molar-refractivity contribution in [2.24, 2.45) is 0 Å². The maximum absolute atomic E-state index is 13.5. The number of Topliss-reactive ketones (excluding diaryl/α,β-unsaturated/α-hetero) is 1. The summed E-state index contributed by atoms with van der Waals surface area (Å²) >= 11 is 12.2. The average molecular weight is 478 g/mol. The van der Waals surface area contributed by atoms with E-state index in [1.165, 1.54) is 0 Å². The summed E-state index contributed by atoms with van der Waals surface area (Å²) in [6.07, 6.45) is 1.81. The number of anilines is 1. The van der Waals surface area contributed by atoms with Gasteiger partial charge in [0.05, 0.1) is 0 Å². The van der Waals surface area contributed by atoms with E-state index in [4.69, 9.17) is 23.2 Å². The Labute approximate surface area is 201 Å². The van der Waals surface area contributed by atoms with E-state index >= 15 is 0 Å². The molecular formula is C26H21Cl2N3O2. The van der Waals surface area contributed by atoms with Crippen LogP contribution in [0, 0.1) is 0 Å². The normalized spacial score (nSPS) is 14.0. The highest BCUT2D eigenvalue weighted by molar-refractivity contribution is 6.43. The molecule has 166 valence electrons. The van der Waals surface area contributed by atoms with Crippen molar-refractivity contribution < 1.29 is 9.59 Å². The first kappa shape index (κ1) is 21.6. The topological polar surface area (TPSA) is 45.0 Å². The minimum absolute atomic E-state index is 0.371. The van der Waals surface area contributed by atoms with E-state index in [2.05, 4.69) is 4.90 Å². The first-order chi connectivity index (χ1) is 16.0. The lowest BCUT2D eigenvalue weighted by Crippen LogP contribution is -2.50. The molecule has 0 atom stereocenters. The number of hydrogen-bond donors (Lipinski definition) is 0. The Bertz CT molecular complexity index is 1340. The minimum Gasteiger partial charge on any atom is -0.368 e. The van der Waals surface area contributed by atoms with Gasteiger partial charge in [0.1, 0.15) is 5.69 Å². The summed E-state index contributed by atoms with van der Waals surface area (Å²) in [5.41, 5.74) is 3.79. The quantitative estimate of drug-likeness (QED) is 0.290. The smallest absolute Gasteiger partial charge is 0.296 e. The predicted octanol–water partition coefficient (Wildman–Crippen LogP) is 5.44. The van der Waals surface area contributed by atoms with Gasteiger partial charge in [-0.05, 0) is 54.1 Å². The van der Waals surface area contributed by atoms with Gasteiger partial charge in [0.25, 0.3) is 11.7 Å². The number of rotatable bonds is 4. The Kier molecular flexibility index (Phi) is 5.83. The zero-order valence-corrected chi connectivity index (χ0v) is 19.3. The Morgan fingerprint density at radius 3 is 2.24 bits per heavy atom. The molecule has 0 aliphatic carbocycles. The average Bonchev–Trinajstić information content (AvgIpc) is 3.23. The molecule has 33 heavy (non-hydrogen) atoms. The van der Waals surface area contributed by atoms with Crippen molar-refractivity contribution in [1.29, 1.82) is 0 Å². The number of benzene rings is 2. The number of carbonyl (C=O) groups is 2. The molecule has 1 aliphatic rings. The molecule has 2 aromatic heterocycles. The van der Waals surface area contributed by atoms with Crippen LogP contribution < -0.4 is 4.90 Å². The standard InChI is InChI=1S/C26H21Cl2N3O2/c27-19-9-7-18(8-10-19)23-17-22-5-1-2-11-31(22)24(23)25(32)26(33)30-14-12-29(13-15-30)21-6-3-4-20(28)16-21/h1-11,16-17H,12-15H2. The number of ketones is 1. The molecule has 3 heterocycles. The summed E-state index contributed by atoms with van der Waals surface area (Å²) in [5.74, 6) is -0.998. The zero-order valence-electron chi connectivity index (χ0n) is 17.7. The Morgan fingerprint density at radius 1 is 0.758 bits per heavy atom. The molecule has 7 heteroatoms. The first-order valence-electron chi connectivity index (χ1n) is 10.7. The minimum atomic E-state index is -0.512. The van der Waals surface area contributed by atoms with Crippen LogP contribution in [0.4, 0.5) is 5.69 Å². The van der Waals surface area contributed by atoms with Gasteiger partial charge in [0.2, 0.25) is 0 Å². The number of fused-ring (bicyclic) bond motifs is 1. The highest BCUT2D eigenvalue weighted by atomic mass is 35.5. The van der Waals surface area contributed by atoms with Crippen LogP contribution in [-0.4, -0.2) is 47.2 Å². The van der Waals surface area contributed by atoms with Crippen molar-refractivity contribution >= 4 is 46.1 Å². The van der Waals surface area contributed by atoms with Crippen LogP contribution in [0.25, 0.3) is 16.6 Å². The third-order valence-corrected chi connectivity index (χ3v) is 6.47. The SMILES string of the molecule is O=C(C(=O)N1CCN(c2cccc(Cl)c2)CC1)c1c(-c2ccc(Cl)cc2)cc2ccccn12. The van der Waals surface area contributed by atoms with Crippen LogP contribution in [0.15, 0.2) is 79.0 Å². The third kappa shape index (κ3) is 4.22. The number of pyridine rings is 1. The van der Waals surface area contributed by atoms with Gasteiger partial charge in [-0.25, -0.2) is 0 Å². The molecule has 0 unspecified atom stereocenters. The van der Waals surface area contributed by atoms with Crippen LogP contribution in [0.3, 0.4) is 0 Å². The summed E-state index contributed by atoms with van der Waals surface area (Å²) in [6.45, 7) is 2.21. The molecule has 1 saturated heterocycles. The largest absolute Gasteiger partial charge is 0.368 e. The Hall–Kier alpha value is -3.28. The van der Waals surface area contributed by atoms with Gasteiger partial charge in [0, 0.05) is 59.2 Å². The fourth-order valence-corrected chi connectivity index (χ4v) is 4.60. The molecule has 0 spiro atoms. The van der Waals surface area contributed by atoms with Crippen LogP contribution in [0.1, 0.15) is 10.5 Å². The third-order valence-electron chi connectivity index (χ3n) is 5.98. The van der Waals surface area contributed by atoms with Crippen LogP contribution in [-0.2, 0) is 4.79 Å². The number of amides is 1. The highest BCUT2D eigenvalue weighted by Gasteiger charge is 2.30. The van der Waals surface area contributed by atoms with Crippen molar-refractivity contribution in [3.63, 3.8) is 0 Å². The van der Waals surface area contributed by atoms with Gasteiger partial charge in [0.15, 0.2) is 0 Å². The molecule has 0 saturated carbocycles. The first-order valence-corrected chi connectivity index (χ1v) is 11.5. The highest BCUT2D eigenvalue weighted by Crippen LogP contribution is 2.30. The van der Waals surface area contributed by atoms with Crippen molar-refractivity contribution in [3.05, 3.63) is 94.7 Å². The molecule has 2 aromatic carbocycles. The molecule has 5 nitrogen and oxygen atoms in total. The second-order valence-corrected chi connectivity index (χ2v) is 8.87. The summed E-state index contributed by atoms with van der Waals surface area (Å²) in [7, 11) is 0. The van der Waals surface area contributed by atoms with E-state index in [0.717, 1.165) is 16.8 Å². The van der Waals surface area contributed by atoms with Crippen LogP contribution in [0.5, 0.6) is 0 Å². The lowest BCUT2D eigenvalue weighted by atomic mass is 10.0. The lowest BCUT2D eigenvalue weighted by Gasteiger charge is -2.35. The number of hydrogen-bond acceptors (Lipinski definition) is 3. The van der Waals surface area contributed by atoms with Crippen LogP contribution >= 0.6 is 23.2 Å². The molecule has 0 N–H and O–H groups in total. The predicted molar refractivity (Wildman–Crippen MR) is 132 cm³/mol. The summed E-state index contributed by atoms with van der Waals surface area (Å²) in [5, 5.41) is 1.29. The molecule has 5 rings (SSSR count). The van der Waals surface area contributed by atoms with Crippen molar-refractivity contribution in [2.45, 2.75) is 0 Å². The zero-order chi connectivity index (χ0) is 22.9. The van der Waals surface area contributed by atoms with Crippen molar-refractivity contribution in [2.75, 3.05) is 31.1 Å². The molecule has 1 amide bonds. The maximum atomic E-state index is 13.5. The maximum Gasteiger partial charge on any atom is 0.296 e. The number of halogens is 2. The van der Waals surface area contributed by atoms with E-state index in [1.807, 2.05) is 66.9 Å². The molecule has 0 radical (unpaired) electrons. The van der Waals surface area contributed by atoms with Crippen molar-refractivity contribution in [3.8, 4) is 11.1 Å². The summed E-state index contributed by atoms with van der Waals surface area (Å²) < 4.78 is 1.78. The van der Waals surface area contributed by atoms with E-state index in [0.29, 0.717) is 47.5 Å². The van der Waals surface area contributed by atoms with E-state index in [9.17, 15) is 9.59 Å². The van der Waals surface area contributed by atoms with Gasteiger partial charge in [-0.2, -0.15) is 0 Å². The molecule has 1 aliphatic heterocycles.